The lowest BCUT2D eigenvalue weighted by atomic mass is 10.1. The molecular weight excluding hydrogens is 324 g/mol. The van der Waals surface area contributed by atoms with E-state index in [1.165, 1.54) is 7.11 Å². The first-order valence-corrected chi connectivity index (χ1v) is 7.44. The van der Waals surface area contributed by atoms with Crippen LogP contribution < -0.4 is 10.1 Å². The van der Waals surface area contributed by atoms with Crippen LogP contribution in [0, 0.1) is 6.92 Å². The molecule has 0 aliphatic rings. The monoisotopic (exact) mass is 340 g/mol. The van der Waals surface area contributed by atoms with Gasteiger partial charge in [0.15, 0.2) is 11.4 Å². The molecule has 0 bridgehead atoms. The summed E-state index contributed by atoms with van der Waals surface area (Å²) in [6.45, 7) is 1.67. The number of rotatable bonds is 4. The van der Waals surface area contributed by atoms with Gasteiger partial charge in [-0.3, -0.25) is 9.48 Å². The molecule has 0 aliphatic heterocycles. The van der Waals surface area contributed by atoms with Crippen molar-refractivity contribution in [1.82, 2.24) is 14.8 Å². The molecule has 0 saturated carbocycles. The number of nitrogens with zero attached hydrogens (tertiary/aromatic N) is 3. The number of aromatic nitrogens is 3. The Bertz CT molecular complexity index is 994. The predicted octanol–water partition coefficient (Wildman–Crippen LogP) is 2.24. The van der Waals surface area contributed by atoms with Crippen molar-refractivity contribution in [3.8, 4) is 5.88 Å². The second-order valence-electron chi connectivity index (χ2n) is 5.45. The van der Waals surface area contributed by atoms with Crippen molar-refractivity contribution in [3.05, 3.63) is 47.3 Å². The van der Waals surface area contributed by atoms with Crippen molar-refractivity contribution >= 4 is 28.5 Å². The number of carbonyl (C=O) groups excluding carboxylic acids is 1. The second-order valence-corrected chi connectivity index (χ2v) is 5.45. The molecule has 1 aromatic carbocycles. The van der Waals surface area contributed by atoms with E-state index in [0.29, 0.717) is 10.9 Å². The summed E-state index contributed by atoms with van der Waals surface area (Å²) in [4.78, 5) is 28.1. The number of hydrogen-bond donors (Lipinski definition) is 2. The first kappa shape index (κ1) is 16.4. The molecule has 2 N–H and O–H groups in total. The summed E-state index contributed by atoms with van der Waals surface area (Å²) in [5.74, 6) is -1.60. The molecule has 0 radical (unpaired) electrons. The van der Waals surface area contributed by atoms with Gasteiger partial charge in [0, 0.05) is 18.5 Å². The van der Waals surface area contributed by atoms with Gasteiger partial charge in [0.2, 0.25) is 5.88 Å². The Morgan fingerprint density at radius 1 is 1.24 bits per heavy atom. The molecule has 25 heavy (non-hydrogen) atoms. The average molecular weight is 340 g/mol. The number of carboxylic acids is 1. The summed E-state index contributed by atoms with van der Waals surface area (Å²) in [6.07, 6.45) is 0. The van der Waals surface area contributed by atoms with Gasteiger partial charge in [-0.1, -0.05) is 18.2 Å². The normalized spacial score (nSPS) is 10.7. The maximum atomic E-state index is 12.7. The van der Waals surface area contributed by atoms with Crippen molar-refractivity contribution in [3.63, 3.8) is 0 Å². The molecule has 3 aromatic rings. The van der Waals surface area contributed by atoms with Crippen LogP contribution in [0.25, 0.3) is 10.9 Å². The second kappa shape index (κ2) is 6.23. The highest BCUT2D eigenvalue weighted by Crippen LogP contribution is 2.25. The van der Waals surface area contributed by atoms with Crippen LogP contribution in [0.15, 0.2) is 30.3 Å². The summed E-state index contributed by atoms with van der Waals surface area (Å²) >= 11 is 0. The smallest absolute Gasteiger partial charge is 0.356 e. The van der Waals surface area contributed by atoms with Crippen LogP contribution in [-0.4, -0.2) is 38.9 Å². The highest BCUT2D eigenvalue weighted by atomic mass is 16.5. The zero-order valence-corrected chi connectivity index (χ0v) is 13.9. The molecule has 8 heteroatoms. The third-order valence-electron chi connectivity index (χ3n) is 3.82. The third kappa shape index (κ3) is 2.89. The quantitative estimate of drug-likeness (QED) is 0.754. The van der Waals surface area contributed by atoms with E-state index in [2.05, 4.69) is 15.4 Å². The molecule has 0 aliphatic carbocycles. The SMILES string of the molecule is COc1cc(C)c(NC(=O)c2nn(C)c3ccccc23)c(C(=O)O)n1. The molecule has 0 unspecified atom stereocenters. The third-order valence-corrected chi connectivity index (χ3v) is 3.82. The standard InChI is InChI=1S/C17H16N4O4/c1-9-8-12(25-3)18-15(17(23)24)13(9)19-16(22)14-10-6-4-5-7-11(10)21(2)20-14/h4-8H,1-3H3,(H,19,22)(H,23,24). The average Bonchev–Trinajstić information content (AvgIpc) is 2.93. The number of nitrogens with one attached hydrogen (secondary N) is 1. The Morgan fingerprint density at radius 3 is 2.64 bits per heavy atom. The molecule has 1 amide bonds. The van der Waals surface area contributed by atoms with Gasteiger partial charge in [0.25, 0.3) is 5.91 Å². The highest BCUT2D eigenvalue weighted by molar-refractivity contribution is 6.13. The molecule has 2 aromatic heterocycles. The van der Waals surface area contributed by atoms with Crippen LogP contribution in [0.2, 0.25) is 0 Å². The lowest BCUT2D eigenvalue weighted by Gasteiger charge is -2.12. The lowest BCUT2D eigenvalue weighted by Crippen LogP contribution is -2.18. The number of anilines is 1. The number of aromatic carboxylic acids is 1. The summed E-state index contributed by atoms with van der Waals surface area (Å²) < 4.78 is 6.59. The van der Waals surface area contributed by atoms with E-state index in [4.69, 9.17) is 4.74 Å². The van der Waals surface area contributed by atoms with Gasteiger partial charge in [-0.2, -0.15) is 5.10 Å². The van der Waals surface area contributed by atoms with Gasteiger partial charge in [0.05, 0.1) is 18.3 Å². The Hall–Kier alpha value is -3.42. The van der Waals surface area contributed by atoms with Crippen LogP contribution in [-0.2, 0) is 7.05 Å². The molecule has 8 nitrogen and oxygen atoms in total. The van der Waals surface area contributed by atoms with Gasteiger partial charge in [-0.25, -0.2) is 9.78 Å². The van der Waals surface area contributed by atoms with E-state index < -0.39 is 11.9 Å². The van der Waals surface area contributed by atoms with Gasteiger partial charge in [-0.15, -0.1) is 0 Å². The number of ether oxygens (including phenoxy) is 1. The van der Waals surface area contributed by atoms with Crippen molar-refractivity contribution in [1.29, 1.82) is 0 Å². The number of amides is 1. The van der Waals surface area contributed by atoms with Crippen molar-refractivity contribution in [2.45, 2.75) is 6.92 Å². The number of para-hydroxylation sites is 1. The largest absolute Gasteiger partial charge is 0.481 e. The fraction of sp³-hybridized carbons (Fsp3) is 0.176. The Balaban J connectivity index is 2.05. The minimum Gasteiger partial charge on any atom is -0.481 e. The van der Waals surface area contributed by atoms with Gasteiger partial charge in [-0.05, 0) is 18.6 Å². The minimum atomic E-state index is -1.26. The number of pyridine rings is 1. The molecule has 2 heterocycles. The van der Waals surface area contributed by atoms with E-state index in [1.54, 1.807) is 30.8 Å². The van der Waals surface area contributed by atoms with Gasteiger partial charge in [0.1, 0.15) is 0 Å². The van der Waals surface area contributed by atoms with Crippen LogP contribution in [0.5, 0.6) is 5.88 Å². The maximum absolute atomic E-state index is 12.7. The molecule has 0 atom stereocenters. The maximum Gasteiger partial charge on any atom is 0.356 e. The summed E-state index contributed by atoms with van der Waals surface area (Å²) in [5.41, 5.74) is 1.37. The fourth-order valence-electron chi connectivity index (χ4n) is 2.61. The van der Waals surface area contributed by atoms with Crippen LogP contribution in [0.3, 0.4) is 0 Å². The minimum absolute atomic E-state index is 0.119. The van der Waals surface area contributed by atoms with Crippen LogP contribution >= 0.6 is 0 Å². The highest BCUT2D eigenvalue weighted by Gasteiger charge is 2.22. The molecule has 0 spiro atoms. The summed E-state index contributed by atoms with van der Waals surface area (Å²) in [6, 6.07) is 8.85. The Kier molecular flexibility index (Phi) is 4.10. The Morgan fingerprint density at radius 2 is 1.96 bits per heavy atom. The van der Waals surface area contributed by atoms with Crippen molar-refractivity contribution in [2.75, 3.05) is 12.4 Å². The van der Waals surface area contributed by atoms with Gasteiger partial charge < -0.3 is 15.2 Å². The first-order valence-electron chi connectivity index (χ1n) is 7.44. The zero-order chi connectivity index (χ0) is 18.1. The van der Waals surface area contributed by atoms with E-state index in [9.17, 15) is 14.7 Å². The fourth-order valence-corrected chi connectivity index (χ4v) is 2.61. The lowest BCUT2D eigenvalue weighted by molar-refractivity contribution is 0.0690. The number of fused-ring (bicyclic) bond motifs is 1. The zero-order valence-electron chi connectivity index (χ0n) is 13.9. The number of hydrogen-bond acceptors (Lipinski definition) is 5. The Labute approximate surface area is 143 Å². The van der Waals surface area contributed by atoms with Crippen molar-refractivity contribution in [2.24, 2.45) is 7.05 Å². The topological polar surface area (TPSA) is 106 Å². The number of benzene rings is 1. The first-order chi connectivity index (χ1) is 11.9. The van der Waals surface area contributed by atoms with E-state index in [0.717, 1.165) is 5.52 Å². The number of carbonyl (C=O) groups is 2. The summed E-state index contributed by atoms with van der Waals surface area (Å²) in [7, 11) is 3.13. The van der Waals surface area contributed by atoms with Gasteiger partial charge >= 0.3 is 5.97 Å². The number of aryl methyl sites for hydroxylation is 2. The molecule has 0 fully saturated rings. The molecule has 3 rings (SSSR count). The number of carboxylic acid groups (broad SMARTS) is 1. The van der Waals surface area contributed by atoms with E-state index in [1.807, 2.05) is 18.2 Å². The summed E-state index contributed by atoms with van der Waals surface area (Å²) in [5, 5.41) is 16.9. The predicted molar refractivity (Wildman–Crippen MR) is 91.2 cm³/mol. The van der Waals surface area contributed by atoms with Crippen LogP contribution in [0.1, 0.15) is 26.5 Å². The number of methoxy groups -OCH3 is 1. The molecular formula is C17H16N4O4. The van der Waals surface area contributed by atoms with E-state index >= 15 is 0 Å². The van der Waals surface area contributed by atoms with Crippen LogP contribution in [0.4, 0.5) is 5.69 Å². The van der Waals surface area contributed by atoms with Crippen molar-refractivity contribution < 1.29 is 19.4 Å². The van der Waals surface area contributed by atoms with E-state index in [-0.39, 0.29) is 23.0 Å². The molecule has 128 valence electrons. The molecule has 0 saturated heterocycles.